The van der Waals surface area contributed by atoms with Crippen LogP contribution in [0.5, 0.6) is 0 Å². The highest BCUT2D eigenvalue weighted by Gasteiger charge is 2.40. The van der Waals surface area contributed by atoms with Crippen LogP contribution in [0.15, 0.2) is 30.3 Å². The van der Waals surface area contributed by atoms with Crippen LogP contribution in [0.4, 0.5) is 0 Å². The number of nitrogens with zero attached hydrogens (tertiary/aromatic N) is 1. The van der Waals surface area contributed by atoms with Gasteiger partial charge in [-0.3, -0.25) is 14.4 Å². The van der Waals surface area contributed by atoms with Crippen LogP contribution in [-0.4, -0.2) is 71.0 Å². The number of carboxylic acid groups (broad SMARTS) is 1. The minimum Gasteiger partial charge on any atom is -0.480 e. The molecule has 0 spiro atoms. The van der Waals surface area contributed by atoms with Gasteiger partial charge in [0, 0.05) is 13.0 Å². The van der Waals surface area contributed by atoms with Crippen LogP contribution in [0.2, 0.25) is 0 Å². The predicted octanol–water partition coefficient (Wildman–Crippen LogP) is 0.777. The average Bonchev–Trinajstić information content (AvgIpc) is 3.36. The number of unbranched alkanes of at least 4 members (excludes halogenated alkanes) is 1. The highest BCUT2D eigenvalue weighted by molar-refractivity contribution is 5.94. The molecule has 0 radical (unpaired) electrons. The molecule has 1 aliphatic rings. The van der Waals surface area contributed by atoms with Gasteiger partial charge in [-0.05, 0) is 43.7 Å². The molecule has 200 valence electrons. The van der Waals surface area contributed by atoms with Crippen LogP contribution in [-0.2, 0) is 25.6 Å². The molecule has 1 saturated heterocycles. The number of nitrogens with one attached hydrogen (secondary N) is 2. The number of benzene rings is 1. The van der Waals surface area contributed by atoms with E-state index < -0.39 is 42.0 Å². The molecule has 5 atom stereocenters. The Kier molecular flexibility index (Phi) is 11.8. The van der Waals surface area contributed by atoms with Gasteiger partial charge in [0.05, 0.1) is 6.04 Å². The second kappa shape index (κ2) is 14.5. The summed E-state index contributed by atoms with van der Waals surface area (Å²) in [7, 11) is 0. The number of amides is 3. The fraction of sp³-hybridized carbons (Fsp3) is 0.615. The van der Waals surface area contributed by atoms with Gasteiger partial charge >= 0.3 is 5.97 Å². The molecular weight excluding hydrogens is 462 g/mol. The lowest BCUT2D eigenvalue weighted by Crippen LogP contribution is -2.58. The van der Waals surface area contributed by atoms with Crippen molar-refractivity contribution < 1.29 is 24.3 Å². The highest BCUT2D eigenvalue weighted by atomic mass is 16.4. The summed E-state index contributed by atoms with van der Waals surface area (Å²) in [5.74, 6) is -2.57. The fourth-order valence-corrected chi connectivity index (χ4v) is 4.38. The number of carbonyl (C=O) groups excluding carboxylic acids is 3. The van der Waals surface area contributed by atoms with E-state index in [-0.39, 0.29) is 18.2 Å². The van der Waals surface area contributed by atoms with E-state index in [9.17, 15) is 24.3 Å². The van der Waals surface area contributed by atoms with Crippen LogP contribution in [0, 0.1) is 5.92 Å². The predicted molar refractivity (Wildman–Crippen MR) is 137 cm³/mol. The van der Waals surface area contributed by atoms with Gasteiger partial charge in [-0.1, -0.05) is 57.0 Å². The van der Waals surface area contributed by atoms with E-state index in [1.165, 1.54) is 4.90 Å². The molecule has 0 aliphatic carbocycles. The molecular formula is C26H41N5O5. The van der Waals surface area contributed by atoms with Crippen LogP contribution in [0.3, 0.4) is 0 Å². The molecule has 1 aromatic rings. The van der Waals surface area contributed by atoms with Gasteiger partial charge in [0.25, 0.3) is 0 Å². The maximum Gasteiger partial charge on any atom is 0.326 e. The molecule has 1 fully saturated rings. The normalized spacial score (nSPS) is 18.7. The van der Waals surface area contributed by atoms with Crippen molar-refractivity contribution in [2.75, 3.05) is 13.1 Å². The molecule has 10 nitrogen and oxygen atoms in total. The Balaban J connectivity index is 2.10. The minimum absolute atomic E-state index is 0.135. The van der Waals surface area contributed by atoms with E-state index in [1.54, 1.807) is 24.3 Å². The van der Waals surface area contributed by atoms with Crippen molar-refractivity contribution in [2.45, 2.75) is 83.0 Å². The summed E-state index contributed by atoms with van der Waals surface area (Å²) in [5, 5.41) is 15.1. The Bertz CT molecular complexity index is 881. The lowest BCUT2D eigenvalue weighted by molar-refractivity contribution is -0.145. The quantitative estimate of drug-likeness (QED) is 0.234. The van der Waals surface area contributed by atoms with Crippen LogP contribution < -0.4 is 22.1 Å². The Hall–Kier alpha value is -2.98. The van der Waals surface area contributed by atoms with Crippen molar-refractivity contribution in [1.82, 2.24) is 15.5 Å². The van der Waals surface area contributed by atoms with E-state index in [1.807, 2.05) is 19.9 Å². The highest BCUT2D eigenvalue weighted by Crippen LogP contribution is 2.22. The third-order valence-electron chi connectivity index (χ3n) is 6.82. The monoisotopic (exact) mass is 503 g/mol. The molecule has 0 aromatic heterocycles. The second-order valence-electron chi connectivity index (χ2n) is 9.54. The summed E-state index contributed by atoms with van der Waals surface area (Å²) in [6.07, 6.45) is 3.76. The number of carbonyl (C=O) groups is 4. The first kappa shape index (κ1) is 29.3. The number of carboxylic acids is 1. The first-order valence-electron chi connectivity index (χ1n) is 12.8. The Morgan fingerprint density at radius 3 is 2.44 bits per heavy atom. The molecule has 0 bridgehead atoms. The maximum absolute atomic E-state index is 13.5. The Labute approximate surface area is 213 Å². The number of hydrogen-bond acceptors (Lipinski definition) is 6. The van der Waals surface area contributed by atoms with Gasteiger partial charge in [-0.15, -0.1) is 0 Å². The largest absolute Gasteiger partial charge is 0.480 e. The third-order valence-corrected chi connectivity index (χ3v) is 6.82. The molecule has 1 aromatic carbocycles. The molecule has 1 heterocycles. The standard InChI is InChI=1S/C26H41N5O5/c1-3-17(2)22(30-23(32)19(28)12-7-8-14-27)25(34)31-15-9-13-21(31)24(33)29-20(26(35)36)16-18-10-5-4-6-11-18/h4-6,10-11,17,19-22H,3,7-9,12-16,27-28H2,1-2H3,(H,29,33)(H,30,32)(H,35,36). The van der Waals surface area contributed by atoms with E-state index in [2.05, 4.69) is 10.6 Å². The van der Waals surface area contributed by atoms with Gasteiger partial charge in [0.15, 0.2) is 0 Å². The molecule has 5 unspecified atom stereocenters. The van der Waals surface area contributed by atoms with E-state index >= 15 is 0 Å². The van der Waals surface area contributed by atoms with Gasteiger partial charge in [-0.25, -0.2) is 4.79 Å². The molecule has 10 heteroatoms. The lowest BCUT2D eigenvalue weighted by Gasteiger charge is -2.32. The summed E-state index contributed by atoms with van der Waals surface area (Å²) in [6.45, 7) is 4.68. The van der Waals surface area contributed by atoms with Crippen molar-refractivity contribution >= 4 is 23.7 Å². The zero-order valence-electron chi connectivity index (χ0n) is 21.3. The smallest absolute Gasteiger partial charge is 0.326 e. The SMILES string of the molecule is CCC(C)C(NC(=O)C(N)CCCCN)C(=O)N1CCCC1C(=O)NC(Cc1ccccc1)C(=O)O. The molecule has 7 N–H and O–H groups in total. The molecule has 3 amide bonds. The summed E-state index contributed by atoms with van der Waals surface area (Å²) in [5.41, 5.74) is 12.3. The van der Waals surface area contributed by atoms with Crippen molar-refractivity contribution in [3.05, 3.63) is 35.9 Å². The van der Waals surface area contributed by atoms with Gasteiger partial charge in [0.2, 0.25) is 17.7 Å². The molecule has 0 saturated carbocycles. The zero-order valence-corrected chi connectivity index (χ0v) is 21.3. The number of rotatable bonds is 14. The first-order chi connectivity index (χ1) is 17.2. The topological polar surface area (TPSA) is 168 Å². The van der Waals surface area contributed by atoms with Crippen molar-refractivity contribution in [3.8, 4) is 0 Å². The second-order valence-corrected chi connectivity index (χ2v) is 9.54. The average molecular weight is 504 g/mol. The van der Waals surface area contributed by atoms with Crippen LogP contribution in [0.25, 0.3) is 0 Å². The van der Waals surface area contributed by atoms with Gasteiger partial charge in [-0.2, -0.15) is 0 Å². The number of nitrogens with two attached hydrogens (primary N) is 2. The lowest BCUT2D eigenvalue weighted by atomic mass is 9.96. The van der Waals surface area contributed by atoms with Gasteiger partial charge in [0.1, 0.15) is 18.1 Å². The van der Waals surface area contributed by atoms with E-state index in [0.29, 0.717) is 38.8 Å². The fourth-order valence-electron chi connectivity index (χ4n) is 4.38. The maximum atomic E-state index is 13.5. The van der Waals surface area contributed by atoms with Gasteiger partial charge < -0.3 is 32.1 Å². The van der Waals surface area contributed by atoms with E-state index in [4.69, 9.17) is 11.5 Å². The van der Waals surface area contributed by atoms with E-state index in [0.717, 1.165) is 18.4 Å². The van der Waals surface area contributed by atoms with Crippen LogP contribution >= 0.6 is 0 Å². The zero-order chi connectivity index (χ0) is 26.7. The summed E-state index contributed by atoms with van der Waals surface area (Å²) in [4.78, 5) is 52.7. The summed E-state index contributed by atoms with van der Waals surface area (Å²) < 4.78 is 0. The minimum atomic E-state index is -1.14. The summed E-state index contributed by atoms with van der Waals surface area (Å²) in [6, 6.07) is 5.56. The Morgan fingerprint density at radius 1 is 1.14 bits per heavy atom. The van der Waals surface area contributed by atoms with Crippen molar-refractivity contribution in [2.24, 2.45) is 17.4 Å². The first-order valence-corrected chi connectivity index (χ1v) is 12.8. The van der Waals surface area contributed by atoms with Crippen molar-refractivity contribution in [3.63, 3.8) is 0 Å². The van der Waals surface area contributed by atoms with Crippen molar-refractivity contribution in [1.29, 1.82) is 0 Å². The number of aliphatic carboxylic acids is 1. The number of hydrogen-bond donors (Lipinski definition) is 5. The summed E-state index contributed by atoms with van der Waals surface area (Å²) >= 11 is 0. The molecule has 1 aliphatic heterocycles. The molecule has 2 rings (SSSR count). The third kappa shape index (κ3) is 8.30. The van der Waals surface area contributed by atoms with Crippen LogP contribution in [0.1, 0.15) is 57.9 Å². The molecule has 36 heavy (non-hydrogen) atoms. The Morgan fingerprint density at radius 2 is 1.83 bits per heavy atom. The number of likely N-dealkylation sites (tertiary alicyclic amines) is 1.